The highest BCUT2D eigenvalue weighted by Gasteiger charge is 2.18. The summed E-state index contributed by atoms with van der Waals surface area (Å²) in [5.74, 6) is -0.0666. The van der Waals surface area contributed by atoms with Gasteiger partial charge in [-0.05, 0) is 18.9 Å². The molecule has 0 saturated heterocycles. The average molecular weight is 243 g/mol. The van der Waals surface area contributed by atoms with Gasteiger partial charge in [0.25, 0.3) is 0 Å². The minimum absolute atomic E-state index is 0.0558. The number of carbonyl (C=O) groups is 1. The summed E-state index contributed by atoms with van der Waals surface area (Å²) in [7, 11) is 0. The summed E-state index contributed by atoms with van der Waals surface area (Å²) in [6.07, 6.45) is 0. The van der Waals surface area contributed by atoms with Gasteiger partial charge in [0.05, 0.1) is 6.04 Å². The van der Waals surface area contributed by atoms with E-state index in [9.17, 15) is 4.79 Å². The van der Waals surface area contributed by atoms with Crippen molar-refractivity contribution in [2.75, 3.05) is 5.32 Å². The highest BCUT2D eigenvalue weighted by molar-refractivity contribution is 6.29. The van der Waals surface area contributed by atoms with Gasteiger partial charge in [-0.25, -0.2) is 9.97 Å². The number of rotatable bonds is 3. The lowest BCUT2D eigenvalue weighted by Crippen LogP contribution is -2.40. The van der Waals surface area contributed by atoms with Gasteiger partial charge < -0.3 is 5.73 Å². The second-order valence-corrected chi connectivity index (χ2v) is 4.30. The maximum absolute atomic E-state index is 11.6. The Bertz CT molecular complexity index is 374. The van der Waals surface area contributed by atoms with Crippen molar-refractivity contribution in [1.29, 1.82) is 0 Å². The number of halogens is 1. The molecule has 1 aromatic rings. The highest BCUT2D eigenvalue weighted by Crippen LogP contribution is 2.10. The third kappa shape index (κ3) is 3.43. The predicted molar refractivity (Wildman–Crippen MR) is 63.2 cm³/mol. The van der Waals surface area contributed by atoms with Gasteiger partial charge in [-0.3, -0.25) is 10.1 Å². The zero-order valence-corrected chi connectivity index (χ0v) is 10.2. The molecule has 0 fully saturated rings. The smallest absolute Gasteiger partial charge is 0.243 e. The molecule has 5 nitrogen and oxygen atoms in total. The fraction of sp³-hybridized carbons (Fsp3) is 0.500. The Morgan fingerprint density at radius 3 is 2.62 bits per heavy atom. The number of carbonyl (C=O) groups excluding carboxylic acids is 1. The van der Waals surface area contributed by atoms with E-state index in [0.717, 1.165) is 0 Å². The molecule has 1 rings (SSSR count). The Hall–Kier alpha value is -1.20. The molecule has 3 N–H and O–H groups in total. The monoisotopic (exact) mass is 242 g/mol. The summed E-state index contributed by atoms with van der Waals surface area (Å²) in [6.45, 7) is 5.51. The molecule has 0 saturated carbocycles. The van der Waals surface area contributed by atoms with Gasteiger partial charge in [0, 0.05) is 5.69 Å². The lowest BCUT2D eigenvalue weighted by atomic mass is 10.1. The fourth-order valence-electron chi connectivity index (χ4n) is 1.08. The summed E-state index contributed by atoms with van der Waals surface area (Å²) in [5, 5.41) is 2.83. The van der Waals surface area contributed by atoms with Crippen molar-refractivity contribution >= 4 is 23.5 Å². The average Bonchev–Trinajstić information content (AvgIpc) is 2.14. The fourth-order valence-corrected chi connectivity index (χ4v) is 1.32. The van der Waals surface area contributed by atoms with Crippen LogP contribution in [-0.2, 0) is 4.79 Å². The van der Waals surface area contributed by atoms with Crippen molar-refractivity contribution in [3.63, 3.8) is 0 Å². The maximum Gasteiger partial charge on any atom is 0.243 e. The molecule has 1 atom stereocenters. The van der Waals surface area contributed by atoms with Crippen molar-refractivity contribution in [2.24, 2.45) is 11.7 Å². The van der Waals surface area contributed by atoms with Crippen LogP contribution < -0.4 is 11.1 Å². The Morgan fingerprint density at radius 1 is 1.50 bits per heavy atom. The van der Waals surface area contributed by atoms with E-state index in [1.54, 1.807) is 13.0 Å². The standard InChI is InChI=1S/C10H15ClN4O/c1-5(2)8(12)9(16)15-10-13-6(3)4-7(11)14-10/h4-5,8H,12H2,1-3H3,(H,13,14,15,16)/t8-/m0/s1. The lowest BCUT2D eigenvalue weighted by Gasteiger charge is -2.14. The number of nitrogens with one attached hydrogen (secondary N) is 1. The molecule has 0 aliphatic rings. The molecule has 0 bridgehead atoms. The first kappa shape index (κ1) is 12.9. The number of aromatic nitrogens is 2. The van der Waals surface area contributed by atoms with Crippen LogP contribution in [0, 0.1) is 12.8 Å². The summed E-state index contributed by atoms with van der Waals surface area (Å²) in [6, 6.07) is 1.03. The first-order valence-corrected chi connectivity index (χ1v) is 5.35. The summed E-state index contributed by atoms with van der Waals surface area (Å²) >= 11 is 5.74. The number of amides is 1. The molecule has 0 radical (unpaired) electrons. The molecule has 0 unspecified atom stereocenters. The van der Waals surface area contributed by atoms with Gasteiger partial charge in [-0.15, -0.1) is 0 Å². The van der Waals surface area contributed by atoms with Crippen molar-refractivity contribution in [1.82, 2.24) is 9.97 Å². The quantitative estimate of drug-likeness (QED) is 0.785. The molecule has 0 spiro atoms. The SMILES string of the molecule is Cc1cc(Cl)nc(NC(=O)[C@@H](N)C(C)C)n1. The second kappa shape index (κ2) is 5.23. The Balaban J connectivity index is 2.77. The van der Waals surface area contributed by atoms with Crippen LogP contribution in [0.15, 0.2) is 6.07 Å². The van der Waals surface area contributed by atoms with Gasteiger partial charge in [0.2, 0.25) is 11.9 Å². The molecule has 0 aliphatic carbocycles. The zero-order chi connectivity index (χ0) is 12.3. The van der Waals surface area contributed by atoms with E-state index in [4.69, 9.17) is 17.3 Å². The van der Waals surface area contributed by atoms with Crippen LogP contribution in [0.1, 0.15) is 19.5 Å². The molecular formula is C10H15ClN4O. The van der Waals surface area contributed by atoms with Gasteiger partial charge >= 0.3 is 0 Å². The van der Waals surface area contributed by atoms with Gasteiger partial charge in [-0.1, -0.05) is 25.4 Å². The zero-order valence-electron chi connectivity index (χ0n) is 9.49. The van der Waals surface area contributed by atoms with E-state index in [1.807, 2.05) is 13.8 Å². The molecule has 1 amide bonds. The highest BCUT2D eigenvalue weighted by atomic mass is 35.5. The summed E-state index contributed by atoms with van der Waals surface area (Å²) in [4.78, 5) is 19.5. The van der Waals surface area contributed by atoms with E-state index >= 15 is 0 Å². The van der Waals surface area contributed by atoms with Crippen LogP contribution >= 0.6 is 11.6 Å². The topological polar surface area (TPSA) is 80.9 Å². The molecule has 16 heavy (non-hydrogen) atoms. The minimum Gasteiger partial charge on any atom is -0.320 e. The van der Waals surface area contributed by atoms with Crippen LogP contribution in [0.25, 0.3) is 0 Å². The molecule has 0 aliphatic heterocycles. The summed E-state index contributed by atoms with van der Waals surface area (Å²) in [5.41, 5.74) is 6.37. The normalized spacial score (nSPS) is 12.6. The van der Waals surface area contributed by atoms with Crippen LogP contribution in [0.2, 0.25) is 5.15 Å². The maximum atomic E-state index is 11.6. The van der Waals surface area contributed by atoms with E-state index in [0.29, 0.717) is 10.8 Å². The lowest BCUT2D eigenvalue weighted by molar-refractivity contribution is -0.118. The second-order valence-electron chi connectivity index (χ2n) is 3.91. The third-order valence-corrected chi connectivity index (χ3v) is 2.27. The van der Waals surface area contributed by atoms with Crippen molar-refractivity contribution in [3.05, 3.63) is 16.9 Å². The van der Waals surface area contributed by atoms with Crippen molar-refractivity contribution in [2.45, 2.75) is 26.8 Å². The van der Waals surface area contributed by atoms with E-state index in [1.165, 1.54) is 0 Å². The minimum atomic E-state index is -0.581. The van der Waals surface area contributed by atoms with Gasteiger partial charge in [0.15, 0.2) is 0 Å². The molecule has 1 aromatic heterocycles. The number of anilines is 1. The number of hydrogen-bond acceptors (Lipinski definition) is 4. The number of nitrogens with zero attached hydrogens (tertiary/aromatic N) is 2. The number of hydrogen-bond donors (Lipinski definition) is 2. The number of nitrogens with two attached hydrogens (primary N) is 1. The van der Waals surface area contributed by atoms with E-state index in [2.05, 4.69) is 15.3 Å². The van der Waals surface area contributed by atoms with Gasteiger partial charge in [-0.2, -0.15) is 0 Å². The van der Waals surface area contributed by atoms with Crippen molar-refractivity contribution in [3.8, 4) is 0 Å². The first-order valence-electron chi connectivity index (χ1n) is 4.97. The van der Waals surface area contributed by atoms with Crippen LogP contribution in [-0.4, -0.2) is 21.9 Å². The molecular weight excluding hydrogens is 228 g/mol. The number of aryl methyl sites for hydroxylation is 1. The van der Waals surface area contributed by atoms with Crippen LogP contribution in [0.4, 0.5) is 5.95 Å². The predicted octanol–water partition coefficient (Wildman–Crippen LogP) is 1.36. The Morgan fingerprint density at radius 2 is 2.12 bits per heavy atom. The first-order chi connectivity index (χ1) is 7.40. The van der Waals surface area contributed by atoms with Crippen LogP contribution in [0.5, 0.6) is 0 Å². The largest absolute Gasteiger partial charge is 0.320 e. The third-order valence-electron chi connectivity index (χ3n) is 2.08. The summed E-state index contributed by atoms with van der Waals surface area (Å²) < 4.78 is 0. The molecule has 0 aromatic carbocycles. The Kier molecular flexibility index (Phi) is 4.20. The van der Waals surface area contributed by atoms with Crippen molar-refractivity contribution < 1.29 is 4.79 Å². The molecule has 88 valence electrons. The van der Waals surface area contributed by atoms with E-state index in [-0.39, 0.29) is 17.8 Å². The van der Waals surface area contributed by atoms with E-state index < -0.39 is 6.04 Å². The van der Waals surface area contributed by atoms with Crippen LogP contribution in [0.3, 0.4) is 0 Å². The molecule has 6 heteroatoms. The molecule has 1 heterocycles. The van der Waals surface area contributed by atoms with Gasteiger partial charge in [0.1, 0.15) is 5.15 Å². The Labute approximate surface area is 99.4 Å².